The first-order chi connectivity index (χ1) is 11.9. The predicted octanol–water partition coefficient (Wildman–Crippen LogP) is 3.39. The molecule has 2 aromatic rings. The molecule has 0 aromatic heterocycles. The van der Waals surface area contributed by atoms with Gasteiger partial charge in [0.05, 0.1) is 5.71 Å². The summed E-state index contributed by atoms with van der Waals surface area (Å²) in [4.78, 5) is 23.6. The minimum absolute atomic E-state index is 0.0116. The molecule has 0 bridgehead atoms. The fourth-order valence-electron chi connectivity index (χ4n) is 2.05. The lowest BCUT2D eigenvalue weighted by Gasteiger charge is -2.05. The van der Waals surface area contributed by atoms with E-state index in [0.717, 1.165) is 11.1 Å². The van der Waals surface area contributed by atoms with Gasteiger partial charge in [0.1, 0.15) is 5.82 Å². The number of carbonyl (C=O) groups is 2. The first kappa shape index (κ1) is 18.3. The number of hydrazone groups is 1. The van der Waals surface area contributed by atoms with Crippen LogP contribution in [0.25, 0.3) is 0 Å². The summed E-state index contributed by atoms with van der Waals surface area (Å²) in [7, 11) is 0. The van der Waals surface area contributed by atoms with E-state index < -0.39 is 0 Å². The van der Waals surface area contributed by atoms with Crippen LogP contribution in [0.2, 0.25) is 0 Å². The Morgan fingerprint density at radius 3 is 2.20 bits per heavy atom. The summed E-state index contributed by atoms with van der Waals surface area (Å²) in [5.41, 5.74) is 5.67. The monoisotopic (exact) mass is 341 g/mol. The molecule has 0 atom stereocenters. The Balaban J connectivity index is 1.77. The summed E-state index contributed by atoms with van der Waals surface area (Å²) in [6, 6.07) is 13.2. The maximum atomic E-state index is 12.8. The van der Waals surface area contributed by atoms with E-state index in [0.29, 0.717) is 11.4 Å². The second-order valence-corrected chi connectivity index (χ2v) is 5.65. The Morgan fingerprint density at radius 1 is 0.960 bits per heavy atom. The number of hydrogen-bond donors (Lipinski definition) is 2. The summed E-state index contributed by atoms with van der Waals surface area (Å²) < 4.78 is 12.8. The molecule has 0 saturated heterocycles. The van der Waals surface area contributed by atoms with Crippen molar-refractivity contribution in [1.29, 1.82) is 0 Å². The van der Waals surface area contributed by atoms with Crippen LogP contribution in [0.5, 0.6) is 0 Å². The number of halogens is 1. The number of carbonyl (C=O) groups excluding carboxylic acids is 2. The summed E-state index contributed by atoms with van der Waals surface area (Å²) in [5, 5.41) is 6.64. The highest BCUT2D eigenvalue weighted by atomic mass is 19.1. The van der Waals surface area contributed by atoms with E-state index in [2.05, 4.69) is 15.8 Å². The third kappa shape index (κ3) is 6.18. The number of benzene rings is 2. The van der Waals surface area contributed by atoms with E-state index in [1.165, 1.54) is 24.3 Å². The van der Waals surface area contributed by atoms with E-state index in [1.807, 2.05) is 31.2 Å². The standard InChI is InChI=1S/C19H20FN3O2/c1-13-3-5-15(6-4-13)14(2)22-23-19(25)12-11-18(24)21-17-9-7-16(20)8-10-17/h3-10H,11-12H2,1-2H3,(H,21,24)(H,23,25)/b22-14-. The van der Waals surface area contributed by atoms with Gasteiger partial charge in [0.25, 0.3) is 0 Å². The van der Waals surface area contributed by atoms with Gasteiger partial charge in [-0.25, -0.2) is 9.82 Å². The summed E-state index contributed by atoms with van der Waals surface area (Å²) >= 11 is 0. The van der Waals surface area contributed by atoms with Gasteiger partial charge in [0, 0.05) is 18.5 Å². The smallest absolute Gasteiger partial charge is 0.240 e. The fourth-order valence-corrected chi connectivity index (χ4v) is 2.05. The average Bonchev–Trinajstić information content (AvgIpc) is 2.60. The molecule has 0 unspecified atom stereocenters. The average molecular weight is 341 g/mol. The molecule has 0 heterocycles. The summed E-state index contributed by atoms with van der Waals surface area (Å²) in [6.45, 7) is 3.79. The molecule has 2 N–H and O–H groups in total. The second-order valence-electron chi connectivity index (χ2n) is 5.65. The maximum absolute atomic E-state index is 12.8. The van der Waals surface area contributed by atoms with Crippen molar-refractivity contribution < 1.29 is 14.0 Å². The molecule has 0 fully saturated rings. The van der Waals surface area contributed by atoms with Gasteiger partial charge in [-0.05, 0) is 43.7 Å². The number of aryl methyl sites for hydroxylation is 1. The molecular formula is C19H20FN3O2. The van der Waals surface area contributed by atoms with Gasteiger partial charge in [-0.15, -0.1) is 0 Å². The SMILES string of the molecule is C/C(=N/NC(=O)CCC(=O)Nc1ccc(F)cc1)c1ccc(C)cc1. The number of rotatable bonds is 6. The van der Waals surface area contributed by atoms with Gasteiger partial charge in [0.15, 0.2) is 0 Å². The zero-order valence-corrected chi connectivity index (χ0v) is 14.2. The largest absolute Gasteiger partial charge is 0.326 e. The third-order valence-electron chi connectivity index (χ3n) is 3.52. The van der Waals surface area contributed by atoms with Gasteiger partial charge in [0.2, 0.25) is 11.8 Å². The van der Waals surface area contributed by atoms with Crippen LogP contribution in [0.1, 0.15) is 30.9 Å². The normalized spacial score (nSPS) is 11.1. The molecule has 25 heavy (non-hydrogen) atoms. The van der Waals surface area contributed by atoms with E-state index in [4.69, 9.17) is 0 Å². The third-order valence-corrected chi connectivity index (χ3v) is 3.52. The van der Waals surface area contributed by atoms with Crippen LogP contribution >= 0.6 is 0 Å². The van der Waals surface area contributed by atoms with Gasteiger partial charge >= 0.3 is 0 Å². The van der Waals surface area contributed by atoms with E-state index >= 15 is 0 Å². The molecule has 6 heteroatoms. The minimum Gasteiger partial charge on any atom is -0.326 e. The first-order valence-electron chi connectivity index (χ1n) is 7.89. The predicted molar refractivity (Wildman–Crippen MR) is 95.8 cm³/mol. The highest BCUT2D eigenvalue weighted by Crippen LogP contribution is 2.09. The number of nitrogens with one attached hydrogen (secondary N) is 2. The van der Waals surface area contributed by atoms with Crippen LogP contribution in [0.4, 0.5) is 10.1 Å². The van der Waals surface area contributed by atoms with Gasteiger partial charge in [-0.3, -0.25) is 9.59 Å². The lowest BCUT2D eigenvalue weighted by atomic mass is 10.1. The molecule has 0 saturated carbocycles. The number of hydrogen-bond acceptors (Lipinski definition) is 3. The highest BCUT2D eigenvalue weighted by Gasteiger charge is 2.07. The Morgan fingerprint density at radius 2 is 1.56 bits per heavy atom. The van der Waals surface area contributed by atoms with E-state index in [1.54, 1.807) is 6.92 Å². The van der Waals surface area contributed by atoms with Crippen molar-refractivity contribution in [2.45, 2.75) is 26.7 Å². The van der Waals surface area contributed by atoms with Crippen LogP contribution < -0.4 is 10.7 Å². The Labute approximate surface area is 145 Å². The Kier molecular flexibility index (Phi) is 6.39. The van der Waals surface area contributed by atoms with Crippen molar-refractivity contribution in [2.75, 3.05) is 5.32 Å². The molecule has 0 aliphatic rings. The Bertz CT molecular complexity index is 768. The summed E-state index contributed by atoms with van der Waals surface area (Å²) in [6.07, 6.45) is 0.0278. The van der Waals surface area contributed by atoms with Crippen LogP contribution in [0, 0.1) is 12.7 Å². The first-order valence-corrected chi connectivity index (χ1v) is 7.89. The molecule has 0 aliphatic heterocycles. The van der Waals surface area contributed by atoms with E-state index in [-0.39, 0.29) is 30.5 Å². The van der Waals surface area contributed by atoms with Crippen molar-refractivity contribution in [2.24, 2.45) is 5.10 Å². The number of anilines is 1. The van der Waals surface area contributed by atoms with Gasteiger partial charge in [-0.2, -0.15) is 5.10 Å². The molecule has 0 radical (unpaired) electrons. The van der Waals surface area contributed by atoms with Crippen molar-refractivity contribution >= 4 is 23.2 Å². The topological polar surface area (TPSA) is 70.6 Å². The second kappa shape index (κ2) is 8.73. The van der Waals surface area contributed by atoms with Crippen LogP contribution in [-0.4, -0.2) is 17.5 Å². The zero-order valence-electron chi connectivity index (χ0n) is 14.2. The van der Waals surface area contributed by atoms with Gasteiger partial charge < -0.3 is 5.32 Å². The number of nitrogens with zero attached hydrogens (tertiary/aromatic N) is 1. The van der Waals surface area contributed by atoms with Gasteiger partial charge in [-0.1, -0.05) is 29.8 Å². The number of amides is 2. The fraction of sp³-hybridized carbons (Fsp3) is 0.211. The van der Waals surface area contributed by atoms with E-state index in [9.17, 15) is 14.0 Å². The highest BCUT2D eigenvalue weighted by molar-refractivity contribution is 5.99. The quantitative estimate of drug-likeness (QED) is 0.624. The lowest BCUT2D eigenvalue weighted by Crippen LogP contribution is -2.21. The molecule has 0 spiro atoms. The lowest BCUT2D eigenvalue weighted by molar-refractivity contribution is -0.124. The van der Waals surface area contributed by atoms with Crippen LogP contribution in [-0.2, 0) is 9.59 Å². The van der Waals surface area contributed by atoms with Crippen LogP contribution in [0.3, 0.4) is 0 Å². The molecule has 2 aromatic carbocycles. The van der Waals surface area contributed by atoms with Crippen molar-refractivity contribution in [1.82, 2.24) is 5.43 Å². The molecule has 5 nitrogen and oxygen atoms in total. The molecule has 2 amide bonds. The zero-order chi connectivity index (χ0) is 18.2. The van der Waals surface area contributed by atoms with Crippen LogP contribution in [0.15, 0.2) is 53.6 Å². The molecule has 0 aliphatic carbocycles. The summed E-state index contributed by atoms with van der Waals surface area (Å²) in [5.74, 6) is -1.04. The molecular weight excluding hydrogens is 321 g/mol. The maximum Gasteiger partial charge on any atom is 0.240 e. The molecule has 2 rings (SSSR count). The van der Waals surface area contributed by atoms with Crippen molar-refractivity contribution in [3.8, 4) is 0 Å². The Hall–Kier alpha value is -3.02. The van der Waals surface area contributed by atoms with Crippen molar-refractivity contribution in [3.63, 3.8) is 0 Å². The van der Waals surface area contributed by atoms with Crippen molar-refractivity contribution in [3.05, 3.63) is 65.5 Å². The minimum atomic E-state index is -0.376. The molecule has 130 valence electrons.